The van der Waals surface area contributed by atoms with Crippen LogP contribution in [0.4, 0.5) is 4.39 Å². The minimum absolute atomic E-state index is 0.166. The molecule has 4 nitrogen and oxygen atoms in total. The SMILES string of the molecule is NC(=O)[C@H](N[C@@H]1CCc2c(F)cc(Cl)cc21)c1cccnc1. The van der Waals surface area contributed by atoms with Gasteiger partial charge in [-0.1, -0.05) is 17.7 Å². The second kappa shape index (κ2) is 6.02. The summed E-state index contributed by atoms with van der Waals surface area (Å²) >= 11 is 5.94. The van der Waals surface area contributed by atoms with Crippen LogP contribution >= 0.6 is 11.6 Å². The zero-order valence-electron chi connectivity index (χ0n) is 11.7. The van der Waals surface area contributed by atoms with Gasteiger partial charge in [0.15, 0.2) is 0 Å². The number of fused-ring (bicyclic) bond motifs is 1. The molecule has 2 aromatic rings. The van der Waals surface area contributed by atoms with E-state index in [2.05, 4.69) is 10.3 Å². The van der Waals surface area contributed by atoms with E-state index in [9.17, 15) is 9.18 Å². The first-order valence-corrected chi connectivity index (χ1v) is 7.37. The highest BCUT2D eigenvalue weighted by Gasteiger charge is 2.29. The molecule has 22 heavy (non-hydrogen) atoms. The van der Waals surface area contributed by atoms with Crippen LogP contribution in [0.25, 0.3) is 0 Å². The van der Waals surface area contributed by atoms with Crippen LogP contribution in [0.3, 0.4) is 0 Å². The third-order valence-corrected chi connectivity index (χ3v) is 4.14. The molecule has 2 atom stereocenters. The summed E-state index contributed by atoms with van der Waals surface area (Å²) in [6.07, 6.45) is 4.52. The molecule has 1 aromatic carbocycles. The molecule has 0 saturated carbocycles. The van der Waals surface area contributed by atoms with Crippen molar-refractivity contribution in [2.24, 2.45) is 5.73 Å². The van der Waals surface area contributed by atoms with Crippen LogP contribution in [0.1, 0.15) is 35.2 Å². The molecule has 0 aliphatic heterocycles. The van der Waals surface area contributed by atoms with E-state index in [1.807, 2.05) is 0 Å². The number of pyridine rings is 1. The summed E-state index contributed by atoms with van der Waals surface area (Å²) in [6, 6.07) is 5.74. The number of hydrogen-bond donors (Lipinski definition) is 2. The van der Waals surface area contributed by atoms with Crippen molar-refractivity contribution in [3.05, 3.63) is 64.2 Å². The van der Waals surface area contributed by atoms with Gasteiger partial charge in [0.2, 0.25) is 5.91 Å². The quantitative estimate of drug-likeness (QED) is 0.910. The molecule has 6 heteroatoms. The Labute approximate surface area is 132 Å². The number of aromatic nitrogens is 1. The van der Waals surface area contributed by atoms with Crippen molar-refractivity contribution in [3.8, 4) is 0 Å². The lowest BCUT2D eigenvalue weighted by Gasteiger charge is -2.21. The van der Waals surface area contributed by atoms with Crippen LogP contribution in [0.5, 0.6) is 0 Å². The van der Waals surface area contributed by atoms with Crippen molar-refractivity contribution in [2.45, 2.75) is 24.9 Å². The summed E-state index contributed by atoms with van der Waals surface area (Å²) in [5.74, 6) is -0.798. The number of carbonyl (C=O) groups excluding carboxylic acids is 1. The summed E-state index contributed by atoms with van der Waals surface area (Å²) in [7, 11) is 0. The fourth-order valence-electron chi connectivity index (χ4n) is 2.91. The third-order valence-electron chi connectivity index (χ3n) is 3.92. The van der Waals surface area contributed by atoms with Gasteiger partial charge < -0.3 is 5.73 Å². The van der Waals surface area contributed by atoms with E-state index in [-0.39, 0.29) is 11.9 Å². The number of hydrogen-bond acceptors (Lipinski definition) is 3. The third kappa shape index (κ3) is 2.82. The first kappa shape index (κ1) is 14.9. The highest BCUT2D eigenvalue weighted by atomic mass is 35.5. The Hall–Kier alpha value is -1.98. The summed E-state index contributed by atoms with van der Waals surface area (Å²) in [5.41, 5.74) is 7.62. The van der Waals surface area contributed by atoms with Crippen LogP contribution in [0.15, 0.2) is 36.7 Å². The van der Waals surface area contributed by atoms with E-state index >= 15 is 0 Å². The zero-order chi connectivity index (χ0) is 15.7. The van der Waals surface area contributed by atoms with Gasteiger partial charge in [0.05, 0.1) is 0 Å². The Morgan fingerprint density at radius 2 is 2.32 bits per heavy atom. The second-order valence-electron chi connectivity index (χ2n) is 5.34. The van der Waals surface area contributed by atoms with Gasteiger partial charge in [-0.3, -0.25) is 15.1 Å². The van der Waals surface area contributed by atoms with Gasteiger partial charge in [0.25, 0.3) is 0 Å². The standard InChI is InChI=1S/C16H15ClFN3O/c17-10-6-12-11(13(18)7-10)3-4-14(12)21-15(16(19)22)9-2-1-5-20-8-9/h1-2,5-8,14-15,21H,3-4H2,(H2,19,22)/t14-,15-/m1/s1. The topological polar surface area (TPSA) is 68.0 Å². The van der Waals surface area contributed by atoms with E-state index < -0.39 is 11.9 Å². The average molecular weight is 320 g/mol. The molecular weight excluding hydrogens is 305 g/mol. The van der Waals surface area contributed by atoms with Gasteiger partial charge in [-0.25, -0.2) is 4.39 Å². The lowest BCUT2D eigenvalue weighted by Crippen LogP contribution is -2.35. The van der Waals surface area contributed by atoms with Crippen LogP contribution in [0.2, 0.25) is 5.02 Å². The molecule has 0 fully saturated rings. The number of nitrogens with two attached hydrogens (primary N) is 1. The molecule has 1 aliphatic rings. The van der Waals surface area contributed by atoms with Crippen LogP contribution in [-0.2, 0) is 11.2 Å². The minimum atomic E-state index is -0.674. The maximum Gasteiger partial charge on any atom is 0.239 e. The van der Waals surface area contributed by atoms with Crippen LogP contribution in [0, 0.1) is 5.82 Å². The number of nitrogens with one attached hydrogen (secondary N) is 1. The highest BCUT2D eigenvalue weighted by Crippen LogP contribution is 2.36. The van der Waals surface area contributed by atoms with Gasteiger partial charge >= 0.3 is 0 Å². The number of carbonyl (C=O) groups is 1. The van der Waals surface area contributed by atoms with Crippen molar-refractivity contribution in [1.29, 1.82) is 0 Å². The molecule has 1 aromatic heterocycles. The molecule has 1 amide bonds. The minimum Gasteiger partial charge on any atom is -0.368 e. The van der Waals surface area contributed by atoms with Crippen molar-refractivity contribution in [3.63, 3.8) is 0 Å². The normalized spacial score (nSPS) is 18.0. The number of halogens is 2. The molecule has 0 spiro atoms. The zero-order valence-corrected chi connectivity index (χ0v) is 12.5. The Morgan fingerprint density at radius 1 is 1.50 bits per heavy atom. The predicted molar refractivity (Wildman–Crippen MR) is 81.8 cm³/mol. The van der Waals surface area contributed by atoms with Gasteiger partial charge in [0, 0.05) is 23.5 Å². The number of primary amides is 1. The monoisotopic (exact) mass is 319 g/mol. The first-order chi connectivity index (χ1) is 10.6. The largest absolute Gasteiger partial charge is 0.368 e. The molecule has 0 unspecified atom stereocenters. The molecule has 1 heterocycles. The summed E-state index contributed by atoms with van der Waals surface area (Å²) in [6.45, 7) is 0. The van der Waals surface area contributed by atoms with E-state index in [4.69, 9.17) is 17.3 Å². The fraction of sp³-hybridized carbons (Fsp3) is 0.250. The lowest BCUT2D eigenvalue weighted by molar-refractivity contribution is -0.120. The Bertz CT molecular complexity index is 708. The summed E-state index contributed by atoms with van der Waals surface area (Å²) < 4.78 is 13.9. The molecular formula is C16H15ClFN3O. The van der Waals surface area contributed by atoms with E-state index in [1.54, 1.807) is 30.6 Å². The molecule has 0 saturated heterocycles. The first-order valence-electron chi connectivity index (χ1n) is 6.99. The van der Waals surface area contributed by atoms with Crippen molar-refractivity contribution in [2.75, 3.05) is 0 Å². The van der Waals surface area contributed by atoms with E-state index in [1.165, 1.54) is 6.07 Å². The van der Waals surface area contributed by atoms with Gasteiger partial charge in [0.1, 0.15) is 11.9 Å². The van der Waals surface area contributed by atoms with E-state index in [0.29, 0.717) is 29.0 Å². The van der Waals surface area contributed by atoms with Crippen molar-refractivity contribution in [1.82, 2.24) is 10.3 Å². The van der Waals surface area contributed by atoms with Gasteiger partial charge in [-0.2, -0.15) is 0 Å². The Kier molecular flexibility index (Phi) is 4.09. The van der Waals surface area contributed by atoms with Crippen LogP contribution in [-0.4, -0.2) is 10.9 Å². The smallest absolute Gasteiger partial charge is 0.239 e. The molecule has 0 bridgehead atoms. The molecule has 3 rings (SSSR count). The summed E-state index contributed by atoms with van der Waals surface area (Å²) in [5, 5.41) is 3.55. The number of rotatable bonds is 4. The molecule has 3 N–H and O–H groups in total. The maximum atomic E-state index is 13.9. The average Bonchev–Trinajstić information content (AvgIpc) is 2.88. The lowest BCUT2D eigenvalue weighted by atomic mass is 10.0. The molecule has 114 valence electrons. The maximum absolute atomic E-state index is 13.9. The summed E-state index contributed by atoms with van der Waals surface area (Å²) in [4.78, 5) is 15.8. The number of benzene rings is 1. The van der Waals surface area contributed by atoms with Gasteiger partial charge in [-0.15, -0.1) is 0 Å². The fourth-order valence-corrected chi connectivity index (χ4v) is 3.12. The number of amides is 1. The molecule has 0 radical (unpaired) electrons. The Morgan fingerprint density at radius 3 is 3.00 bits per heavy atom. The highest BCUT2D eigenvalue weighted by molar-refractivity contribution is 6.30. The molecule has 1 aliphatic carbocycles. The van der Waals surface area contributed by atoms with E-state index in [0.717, 1.165) is 5.56 Å². The second-order valence-corrected chi connectivity index (χ2v) is 5.77. The van der Waals surface area contributed by atoms with Gasteiger partial charge in [-0.05, 0) is 47.7 Å². The van der Waals surface area contributed by atoms with Crippen molar-refractivity contribution >= 4 is 17.5 Å². The predicted octanol–water partition coefficient (Wildman–Crippen LogP) is 2.68. The van der Waals surface area contributed by atoms with Crippen molar-refractivity contribution < 1.29 is 9.18 Å². The Balaban J connectivity index is 1.90. The number of nitrogens with zero attached hydrogens (tertiary/aromatic N) is 1. The van der Waals surface area contributed by atoms with Crippen LogP contribution < -0.4 is 11.1 Å².